The molecule has 0 spiro atoms. The molecule has 0 bridgehead atoms. The van der Waals surface area contributed by atoms with Crippen molar-refractivity contribution in [3.8, 4) is 0 Å². The summed E-state index contributed by atoms with van der Waals surface area (Å²) < 4.78 is 0. The van der Waals surface area contributed by atoms with Crippen LogP contribution in [0.3, 0.4) is 0 Å². The topological polar surface area (TPSA) is 12.0 Å². The smallest absolute Gasteiger partial charge is 0.259 e. The fourth-order valence-corrected chi connectivity index (χ4v) is 1.90. The highest BCUT2D eigenvalue weighted by atomic mass is 14.8. The SMILES string of the molecule is B1C=Cc2cc3ccccc3cc2N1. The summed E-state index contributed by atoms with van der Waals surface area (Å²) >= 11 is 0. The van der Waals surface area contributed by atoms with Gasteiger partial charge in [-0.15, -0.1) is 0 Å². The van der Waals surface area contributed by atoms with Crippen molar-refractivity contribution >= 4 is 30.0 Å². The monoisotopic (exact) mass is 179 g/mol. The van der Waals surface area contributed by atoms with E-state index >= 15 is 0 Å². The molecule has 3 rings (SSSR count). The second-order valence-electron chi connectivity index (χ2n) is 3.57. The molecule has 0 radical (unpaired) electrons. The predicted molar refractivity (Wildman–Crippen MR) is 63.8 cm³/mol. The number of hydrogen-bond donors (Lipinski definition) is 1. The molecule has 1 aliphatic heterocycles. The number of rotatable bonds is 0. The van der Waals surface area contributed by atoms with E-state index in [1.807, 2.05) is 0 Å². The number of hydrogen-bond acceptors (Lipinski definition) is 1. The van der Waals surface area contributed by atoms with Crippen molar-refractivity contribution < 1.29 is 0 Å². The highest BCUT2D eigenvalue weighted by molar-refractivity contribution is 6.48. The highest BCUT2D eigenvalue weighted by Crippen LogP contribution is 2.26. The van der Waals surface area contributed by atoms with E-state index in [1.165, 1.54) is 22.0 Å². The molecule has 1 aliphatic rings. The quantitative estimate of drug-likeness (QED) is 0.613. The molecule has 2 heteroatoms. The normalized spacial score (nSPS) is 13.1. The molecule has 0 fully saturated rings. The molecule has 0 amide bonds. The maximum absolute atomic E-state index is 3.37. The average molecular weight is 179 g/mol. The van der Waals surface area contributed by atoms with Crippen LogP contribution >= 0.6 is 0 Å². The van der Waals surface area contributed by atoms with Gasteiger partial charge in [0.2, 0.25) is 0 Å². The van der Waals surface area contributed by atoms with E-state index < -0.39 is 0 Å². The fourth-order valence-electron chi connectivity index (χ4n) is 1.90. The summed E-state index contributed by atoms with van der Waals surface area (Å²) in [6.45, 7) is 0. The van der Waals surface area contributed by atoms with Crippen LogP contribution in [-0.4, -0.2) is 7.41 Å². The molecule has 1 nitrogen and oxygen atoms in total. The highest BCUT2D eigenvalue weighted by Gasteiger charge is 2.04. The Kier molecular flexibility index (Phi) is 1.60. The van der Waals surface area contributed by atoms with Crippen molar-refractivity contribution in [2.45, 2.75) is 0 Å². The lowest BCUT2D eigenvalue weighted by Crippen LogP contribution is -2.07. The van der Waals surface area contributed by atoms with Gasteiger partial charge in [0.15, 0.2) is 0 Å². The minimum absolute atomic E-state index is 0.936. The van der Waals surface area contributed by atoms with Crippen molar-refractivity contribution in [1.29, 1.82) is 0 Å². The van der Waals surface area contributed by atoms with Crippen LogP contribution < -0.4 is 5.23 Å². The fraction of sp³-hybridized carbons (Fsp3) is 0. The van der Waals surface area contributed by atoms with Gasteiger partial charge in [-0.05, 0) is 28.5 Å². The summed E-state index contributed by atoms with van der Waals surface area (Å²) in [5.74, 6) is 2.15. The maximum atomic E-state index is 3.37. The van der Waals surface area contributed by atoms with Crippen molar-refractivity contribution in [3.63, 3.8) is 0 Å². The molecule has 0 unspecified atom stereocenters. The molecule has 0 saturated heterocycles. The van der Waals surface area contributed by atoms with Crippen LogP contribution in [0.15, 0.2) is 42.4 Å². The Bertz CT molecular complexity index is 517. The van der Waals surface area contributed by atoms with Crippen LogP contribution in [0.25, 0.3) is 16.8 Å². The maximum Gasteiger partial charge on any atom is 0.259 e. The summed E-state index contributed by atoms with van der Waals surface area (Å²) in [6, 6.07) is 12.9. The van der Waals surface area contributed by atoms with E-state index in [0.717, 1.165) is 7.41 Å². The summed E-state index contributed by atoms with van der Waals surface area (Å²) in [5.41, 5.74) is 2.53. The Morgan fingerprint density at radius 1 is 1.00 bits per heavy atom. The second kappa shape index (κ2) is 2.91. The Labute approximate surface area is 83.7 Å². The van der Waals surface area contributed by atoms with Crippen LogP contribution in [0.5, 0.6) is 0 Å². The molecule has 0 aromatic heterocycles. The van der Waals surface area contributed by atoms with Crippen LogP contribution in [0.4, 0.5) is 5.69 Å². The zero-order chi connectivity index (χ0) is 9.38. The third-order valence-corrected chi connectivity index (χ3v) is 2.63. The van der Waals surface area contributed by atoms with Gasteiger partial charge in [0, 0.05) is 5.69 Å². The Balaban J connectivity index is 2.34. The van der Waals surface area contributed by atoms with Crippen LogP contribution in [0.2, 0.25) is 0 Å². The van der Waals surface area contributed by atoms with Crippen LogP contribution in [-0.2, 0) is 0 Å². The molecule has 2 aromatic rings. The van der Waals surface area contributed by atoms with Gasteiger partial charge in [-0.25, -0.2) is 0 Å². The molecule has 0 atom stereocenters. The van der Waals surface area contributed by atoms with Gasteiger partial charge in [-0.1, -0.05) is 36.3 Å². The first-order valence-electron chi connectivity index (χ1n) is 4.87. The van der Waals surface area contributed by atoms with Gasteiger partial charge in [0.25, 0.3) is 7.41 Å². The second-order valence-corrected chi connectivity index (χ2v) is 3.57. The van der Waals surface area contributed by atoms with Crippen LogP contribution in [0.1, 0.15) is 5.56 Å². The van der Waals surface area contributed by atoms with E-state index in [2.05, 4.69) is 53.7 Å². The molecule has 0 aliphatic carbocycles. The van der Waals surface area contributed by atoms with Gasteiger partial charge in [-0.3, -0.25) is 0 Å². The van der Waals surface area contributed by atoms with E-state index in [1.54, 1.807) is 0 Å². The first-order valence-corrected chi connectivity index (χ1v) is 4.87. The van der Waals surface area contributed by atoms with Crippen molar-refractivity contribution in [2.75, 3.05) is 5.23 Å². The minimum Gasteiger partial charge on any atom is -0.427 e. The molecule has 1 heterocycles. The van der Waals surface area contributed by atoms with Crippen molar-refractivity contribution in [1.82, 2.24) is 0 Å². The number of anilines is 1. The molecular weight excluding hydrogens is 169 g/mol. The molecule has 2 aromatic carbocycles. The molecule has 14 heavy (non-hydrogen) atoms. The number of nitrogens with one attached hydrogen (secondary N) is 1. The number of benzene rings is 2. The summed E-state index contributed by atoms with van der Waals surface area (Å²) in [6.07, 6.45) is 2.18. The lowest BCUT2D eigenvalue weighted by atomic mass is 9.87. The van der Waals surface area contributed by atoms with Crippen molar-refractivity contribution in [2.24, 2.45) is 0 Å². The van der Waals surface area contributed by atoms with Crippen LogP contribution in [0, 0.1) is 0 Å². The lowest BCUT2D eigenvalue weighted by molar-refractivity contribution is 1.65. The summed E-state index contributed by atoms with van der Waals surface area (Å²) in [5, 5.41) is 5.97. The Morgan fingerprint density at radius 2 is 1.79 bits per heavy atom. The zero-order valence-corrected chi connectivity index (χ0v) is 7.83. The van der Waals surface area contributed by atoms with E-state index in [9.17, 15) is 0 Å². The van der Waals surface area contributed by atoms with E-state index in [0.29, 0.717) is 0 Å². The average Bonchev–Trinajstić information content (AvgIpc) is 2.26. The Morgan fingerprint density at radius 3 is 2.64 bits per heavy atom. The van der Waals surface area contributed by atoms with E-state index in [-0.39, 0.29) is 0 Å². The third-order valence-electron chi connectivity index (χ3n) is 2.63. The molecule has 0 saturated carbocycles. The van der Waals surface area contributed by atoms with Gasteiger partial charge in [0.1, 0.15) is 0 Å². The first kappa shape index (κ1) is 7.68. The minimum atomic E-state index is 0.936. The summed E-state index contributed by atoms with van der Waals surface area (Å²) in [4.78, 5) is 0. The summed E-state index contributed by atoms with van der Waals surface area (Å²) in [7, 11) is 0.936. The first-order chi connectivity index (χ1) is 6.93. The van der Waals surface area contributed by atoms with E-state index in [4.69, 9.17) is 0 Å². The number of fused-ring (bicyclic) bond motifs is 2. The molecule has 1 N–H and O–H groups in total. The van der Waals surface area contributed by atoms with Gasteiger partial charge in [0.05, 0.1) is 0 Å². The molecular formula is C12H10BN. The van der Waals surface area contributed by atoms with Gasteiger partial charge in [-0.2, -0.15) is 0 Å². The van der Waals surface area contributed by atoms with Gasteiger partial charge < -0.3 is 5.23 Å². The third kappa shape index (κ3) is 1.11. The Hall–Kier alpha value is -1.70. The van der Waals surface area contributed by atoms with Crippen molar-refractivity contribution in [3.05, 3.63) is 47.9 Å². The standard InChI is InChI=1S/C12H10BN/c1-2-4-10-8-12-11(5-6-13-14-12)7-9(10)3-1/h1-8,13-14H. The van der Waals surface area contributed by atoms with Gasteiger partial charge >= 0.3 is 0 Å². The largest absolute Gasteiger partial charge is 0.427 e. The molecule has 66 valence electrons. The zero-order valence-electron chi connectivity index (χ0n) is 7.83. The predicted octanol–water partition coefficient (Wildman–Crippen LogP) is 2.59. The lowest BCUT2D eigenvalue weighted by Gasteiger charge is -2.13.